The number of H-pyrrole nitrogens is 1. The molecule has 0 amide bonds. The summed E-state index contributed by atoms with van der Waals surface area (Å²) in [4.78, 5) is 16.7. The van der Waals surface area contributed by atoms with Crippen molar-refractivity contribution >= 4 is 35.3 Å². The van der Waals surface area contributed by atoms with E-state index in [2.05, 4.69) is 67.6 Å². The second-order valence-corrected chi connectivity index (χ2v) is 8.94. The van der Waals surface area contributed by atoms with Crippen LogP contribution in [0.15, 0.2) is 36.4 Å². The first-order chi connectivity index (χ1) is 16.1. The average molecular weight is 445 g/mol. The van der Waals surface area contributed by atoms with Crippen LogP contribution in [0.3, 0.4) is 0 Å². The zero-order chi connectivity index (χ0) is 22.6. The van der Waals surface area contributed by atoms with Gasteiger partial charge in [0, 0.05) is 62.8 Å². The molecule has 1 aromatic carbocycles. The van der Waals surface area contributed by atoms with Crippen LogP contribution in [0.4, 0.5) is 23.1 Å². The average Bonchev–Trinajstić information content (AvgIpc) is 3.51. The molecule has 0 unspecified atom stereocenters. The van der Waals surface area contributed by atoms with Crippen LogP contribution in [0, 0.1) is 6.92 Å². The van der Waals surface area contributed by atoms with Crippen molar-refractivity contribution in [2.75, 3.05) is 61.4 Å². The van der Waals surface area contributed by atoms with E-state index >= 15 is 0 Å². The van der Waals surface area contributed by atoms with E-state index in [9.17, 15) is 0 Å². The lowest BCUT2D eigenvalue weighted by atomic mass is 10.2. The number of aromatic nitrogens is 4. The van der Waals surface area contributed by atoms with Crippen molar-refractivity contribution in [1.29, 1.82) is 0 Å². The quantitative estimate of drug-likeness (QED) is 0.599. The molecule has 2 aromatic heterocycles. The van der Waals surface area contributed by atoms with Crippen LogP contribution >= 0.6 is 0 Å². The minimum atomic E-state index is 0.685. The molecule has 2 saturated heterocycles. The highest BCUT2D eigenvalue weighted by Gasteiger charge is 2.17. The maximum Gasteiger partial charge on any atom is 0.156 e. The van der Waals surface area contributed by atoms with E-state index in [-0.39, 0.29) is 0 Å². The molecule has 2 aliphatic heterocycles. The van der Waals surface area contributed by atoms with Gasteiger partial charge in [0.25, 0.3) is 0 Å². The van der Waals surface area contributed by atoms with E-state index in [4.69, 9.17) is 9.97 Å². The van der Waals surface area contributed by atoms with E-state index in [1.54, 1.807) is 0 Å². The smallest absolute Gasteiger partial charge is 0.156 e. The molecule has 0 spiro atoms. The van der Waals surface area contributed by atoms with Crippen LogP contribution < -0.4 is 15.1 Å². The Hall–Kier alpha value is -3.39. The van der Waals surface area contributed by atoms with Crippen molar-refractivity contribution in [2.24, 2.45) is 0 Å². The van der Waals surface area contributed by atoms with Gasteiger partial charge in [-0.1, -0.05) is 18.2 Å². The summed E-state index contributed by atoms with van der Waals surface area (Å²) >= 11 is 0. The summed E-state index contributed by atoms with van der Waals surface area (Å²) in [5.41, 5.74) is 3.45. The van der Waals surface area contributed by atoms with Gasteiger partial charge in [0.05, 0.1) is 0 Å². The van der Waals surface area contributed by atoms with Gasteiger partial charge < -0.3 is 20.0 Å². The molecule has 0 saturated carbocycles. The number of hydrogen-bond donors (Lipinski definition) is 2. The van der Waals surface area contributed by atoms with Gasteiger partial charge >= 0.3 is 0 Å². The van der Waals surface area contributed by atoms with Crippen molar-refractivity contribution in [3.8, 4) is 0 Å². The number of benzene rings is 1. The molecule has 5 rings (SSSR count). The van der Waals surface area contributed by atoms with E-state index in [1.807, 2.05) is 25.1 Å². The lowest BCUT2D eigenvalue weighted by Crippen LogP contribution is -2.44. The van der Waals surface area contributed by atoms with E-state index in [1.165, 1.54) is 18.5 Å². The lowest BCUT2D eigenvalue weighted by Gasteiger charge is -2.33. The van der Waals surface area contributed by atoms with Crippen LogP contribution in [0.1, 0.15) is 29.9 Å². The van der Waals surface area contributed by atoms with Gasteiger partial charge in [-0.05, 0) is 50.6 Å². The second-order valence-electron chi connectivity index (χ2n) is 8.94. The maximum absolute atomic E-state index is 4.86. The molecule has 4 heterocycles. The largest absolute Gasteiger partial charge is 0.372 e. The number of aromatic amines is 1. The number of hydrogen-bond acceptors (Lipinski definition) is 7. The van der Waals surface area contributed by atoms with Crippen molar-refractivity contribution < 1.29 is 0 Å². The molecule has 3 aromatic rings. The number of rotatable bonds is 6. The minimum absolute atomic E-state index is 0.685. The van der Waals surface area contributed by atoms with Gasteiger partial charge in [-0.25, -0.2) is 9.97 Å². The van der Waals surface area contributed by atoms with Crippen molar-refractivity contribution in [3.63, 3.8) is 0 Å². The predicted molar refractivity (Wildman–Crippen MR) is 135 cm³/mol. The first kappa shape index (κ1) is 21.5. The van der Waals surface area contributed by atoms with Gasteiger partial charge in [-0.2, -0.15) is 5.10 Å². The number of likely N-dealkylation sites (N-methyl/N-ethyl adjacent to an activating group) is 1. The molecule has 33 heavy (non-hydrogen) atoms. The van der Waals surface area contributed by atoms with Crippen LogP contribution in [-0.4, -0.2) is 71.4 Å². The number of aryl methyl sites for hydroxylation is 1. The molecule has 0 radical (unpaired) electrons. The fourth-order valence-corrected chi connectivity index (χ4v) is 4.34. The van der Waals surface area contributed by atoms with E-state index in [0.29, 0.717) is 5.82 Å². The molecule has 0 atom stereocenters. The van der Waals surface area contributed by atoms with Gasteiger partial charge in [-0.3, -0.25) is 5.10 Å². The maximum atomic E-state index is 4.86. The second kappa shape index (κ2) is 9.62. The first-order valence-corrected chi connectivity index (χ1v) is 11.8. The SMILES string of the molecule is Cc1cc(Nc2cc(N3CCN(C)CC3)nc(C=Cc3ccc(N4CCCC4)cc3)n2)n[nH]1. The molecular weight excluding hydrogens is 412 g/mol. The minimum Gasteiger partial charge on any atom is -0.372 e. The van der Waals surface area contributed by atoms with Crippen LogP contribution in [-0.2, 0) is 0 Å². The standard InChI is InChI=1S/C25H32N8/c1-19-17-24(30-29-19)27-23-18-25(33-15-13-31(2)14-16-33)28-22(26-23)10-7-20-5-8-21(9-6-20)32-11-3-4-12-32/h5-10,17-18H,3-4,11-16H2,1-2H3,(H2,26,27,28,29,30). The van der Waals surface area contributed by atoms with Crippen molar-refractivity contribution in [2.45, 2.75) is 19.8 Å². The Morgan fingerprint density at radius 3 is 2.30 bits per heavy atom. The number of nitrogens with zero attached hydrogens (tertiary/aromatic N) is 6. The van der Waals surface area contributed by atoms with Gasteiger partial charge in [0.2, 0.25) is 0 Å². The van der Waals surface area contributed by atoms with E-state index in [0.717, 1.165) is 68.0 Å². The molecule has 8 heteroatoms. The zero-order valence-corrected chi connectivity index (χ0v) is 19.5. The Morgan fingerprint density at radius 1 is 0.848 bits per heavy atom. The molecular formula is C25H32N8. The Bertz CT molecular complexity index is 1090. The normalized spacial score (nSPS) is 17.3. The topological polar surface area (TPSA) is 76.2 Å². The fourth-order valence-electron chi connectivity index (χ4n) is 4.34. The third-order valence-corrected chi connectivity index (χ3v) is 6.31. The summed E-state index contributed by atoms with van der Waals surface area (Å²) in [7, 11) is 2.16. The molecule has 0 bridgehead atoms. The number of piperazine rings is 1. The highest BCUT2D eigenvalue weighted by molar-refractivity contribution is 5.70. The summed E-state index contributed by atoms with van der Waals surface area (Å²) in [5.74, 6) is 3.12. The van der Waals surface area contributed by atoms with Crippen LogP contribution in [0.2, 0.25) is 0 Å². The summed E-state index contributed by atoms with van der Waals surface area (Å²) in [6.45, 7) is 8.27. The number of anilines is 4. The van der Waals surface area contributed by atoms with E-state index < -0.39 is 0 Å². The number of nitrogens with one attached hydrogen (secondary N) is 2. The summed E-state index contributed by atoms with van der Waals surface area (Å²) in [6, 6.07) is 12.7. The first-order valence-electron chi connectivity index (χ1n) is 11.8. The summed E-state index contributed by atoms with van der Waals surface area (Å²) in [6.07, 6.45) is 6.65. The monoisotopic (exact) mass is 444 g/mol. The van der Waals surface area contributed by atoms with Crippen LogP contribution in [0.25, 0.3) is 12.2 Å². The molecule has 2 N–H and O–H groups in total. The Morgan fingerprint density at radius 2 is 1.61 bits per heavy atom. The Labute approximate surface area is 195 Å². The van der Waals surface area contributed by atoms with Gasteiger partial charge in [0.1, 0.15) is 11.6 Å². The third-order valence-electron chi connectivity index (χ3n) is 6.31. The highest BCUT2D eigenvalue weighted by Crippen LogP contribution is 2.23. The molecule has 172 valence electrons. The van der Waals surface area contributed by atoms with Gasteiger partial charge in [-0.15, -0.1) is 0 Å². The third kappa shape index (κ3) is 5.34. The highest BCUT2D eigenvalue weighted by atomic mass is 15.3. The molecule has 8 nitrogen and oxygen atoms in total. The van der Waals surface area contributed by atoms with Crippen molar-refractivity contribution in [3.05, 3.63) is 53.5 Å². The fraction of sp³-hybridized carbons (Fsp3) is 0.400. The zero-order valence-electron chi connectivity index (χ0n) is 19.5. The Balaban J connectivity index is 1.37. The molecule has 0 aliphatic carbocycles. The Kier molecular flexibility index (Phi) is 6.26. The summed E-state index contributed by atoms with van der Waals surface area (Å²) in [5, 5.41) is 10.6. The van der Waals surface area contributed by atoms with Crippen molar-refractivity contribution in [1.82, 2.24) is 25.1 Å². The molecule has 2 aliphatic rings. The lowest BCUT2D eigenvalue weighted by molar-refractivity contribution is 0.312. The summed E-state index contributed by atoms with van der Waals surface area (Å²) < 4.78 is 0. The van der Waals surface area contributed by atoms with Crippen LogP contribution in [0.5, 0.6) is 0 Å². The van der Waals surface area contributed by atoms with Gasteiger partial charge in [0.15, 0.2) is 11.6 Å². The predicted octanol–water partition coefficient (Wildman–Crippen LogP) is 3.77. The molecule has 2 fully saturated rings.